The minimum Gasteiger partial charge on any atom is -0.449 e. The van der Waals surface area contributed by atoms with Gasteiger partial charge in [-0.3, -0.25) is 4.79 Å². The Morgan fingerprint density at radius 1 is 1.24 bits per heavy atom. The van der Waals surface area contributed by atoms with Crippen molar-refractivity contribution in [2.24, 2.45) is 0 Å². The zero-order chi connectivity index (χ0) is 14.8. The first kappa shape index (κ1) is 13.7. The maximum Gasteiger partial charge on any atom is 0.341 e. The fourth-order valence-electron chi connectivity index (χ4n) is 2.71. The van der Waals surface area contributed by atoms with Gasteiger partial charge in [-0.2, -0.15) is 0 Å². The normalized spacial score (nSPS) is 16.1. The van der Waals surface area contributed by atoms with Gasteiger partial charge < -0.3 is 14.6 Å². The average molecular weight is 286 g/mol. The van der Waals surface area contributed by atoms with Crippen LogP contribution < -0.4 is 0 Å². The molecule has 1 fully saturated rings. The molecule has 2 aromatic rings. The van der Waals surface area contributed by atoms with Crippen LogP contribution in [0.1, 0.15) is 30.1 Å². The Bertz CT molecular complexity index is 671. The summed E-state index contributed by atoms with van der Waals surface area (Å²) in [5.74, 6) is -0.576. The van der Waals surface area contributed by atoms with Crippen molar-refractivity contribution in [1.82, 2.24) is 9.88 Å². The summed E-state index contributed by atoms with van der Waals surface area (Å²) >= 11 is 0. The molecule has 21 heavy (non-hydrogen) atoms. The first-order valence-electron chi connectivity index (χ1n) is 7.22. The van der Waals surface area contributed by atoms with Crippen LogP contribution in [0.4, 0.5) is 0 Å². The summed E-state index contributed by atoms with van der Waals surface area (Å²) in [5.41, 5.74) is 1.34. The molecule has 0 radical (unpaired) electrons. The van der Waals surface area contributed by atoms with E-state index in [1.54, 1.807) is 18.0 Å². The maximum absolute atomic E-state index is 12.2. The summed E-state index contributed by atoms with van der Waals surface area (Å²) in [4.78, 5) is 29.2. The van der Waals surface area contributed by atoms with E-state index >= 15 is 0 Å². The molecule has 0 saturated carbocycles. The topological polar surface area (TPSA) is 62.4 Å². The number of benzene rings is 1. The number of amides is 1. The van der Waals surface area contributed by atoms with Gasteiger partial charge in [-0.25, -0.2) is 4.79 Å². The van der Waals surface area contributed by atoms with Crippen molar-refractivity contribution in [2.75, 3.05) is 13.1 Å². The molecule has 1 atom stereocenters. The Morgan fingerprint density at radius 2 is 1.95 bits per heavy atom. The van der Waals surface area contributed by atoms with Crippen LogP contribution in [0.5, 0.6) is 0 Å². The molecule has 1 aromatic heterocycles. The van der Waals surface area contributed by atoms with Gasteiger partial charge in [-0.05, 0) is 25.8 Å². The first-order chi connectivity index (χ1) is 10.2. The highest BCUT2D eigenvalue weighted by Gasteiger charge is 2.26. The van der Waals surface area contributed by atoms with E-state index in [2.05, 4.69) is 4.98 Å². The number of nitrogens with one attached hydrogen (secondary N) is 1. The van der Waals surface area contributed by atoms with Crippen molar-refractivity contribution in [1.29, 1.82) is 0 Å². The van der Waals surface area contributed by atoms with Gasteiger partial charge in [0.15, 0.2) is 6.10 Å². The van der Waals surface area contributed by atoms with Crippen molar-refractivity contribution in [3.8, 4) is 0 Å². The van der Waals surface area contributed by atoms with Gasteiger partial charge in [-0.1, -0.05) is 18.2 Å². The van der Waals surface area contributed by atoms with E-state index in [4.69, 9.17) is 4.74 Å². The van der Waals surface area contributed by atoms with Crippen LogP contribution in [0.25, 0.3) is 10.9 Å². The molecule has 1 saturated heterocycles. The Balaban J connectivity index is 1.72. The lowest BCUT2D eigenvalue weighted by Gasteiger charge is -2.20. The number of ether oxygens (including phenoxy) is 1. The summed E-state index contributed by atoms with van der Waals surface area (Å²) in [6, 6.07) is 7.51. The van der Waals surface area contributed by atoms with Crippen molar-refractivity contribution >= 4 is 22.8 Å². The van der Waals surface area contributed by atoms with Gasteiger partial charge in [0.25, 0.3) is 5.91 Å². The molecular weight excluding hydrogens is 268 g/mol. The number of aromatic nitrogens is 1. The van der Waals surface area contributed by atoms with Crippen molar-refractivity contribution in [3.63, 3.8) is 0 Å². The molecule has 2 heterocycles. The van der Waals surface area contributed by atoms with E-state index < -0.39 is 12.1 Å². The maximum atomic E-state index is 12.2. The van der Waals surface area contributed by atoms with E-state index in [-0.39, 0.29) is 5.91 Å². The van der Waals surface area contributed by atoms with Crippen molar-refractivity contribution in [3.05, 3.63) is 36.0 Å². The lowest BCUT2D eigenvalue weighted by atomic mass is 10.2. The molecule has 5 heteroatoms. The van der Waals surface area contributed by atoms with Gasteiger partial charge >= 0.3 is 5.97 Å². The number of aromatic amines is 1. The summed E-state index contributed by atoms with van der Waals surface area (Å²) < 4.78 is 5.33. The SMILES string of the molecule is C[C@@H](OC(=O)c1c[nH]c2ccccc12)C(=O)N1CCCC1. The highest BCUT2D eigenvalue weighted by atomic mass is 16.5. The number of esters is 1. The van der Waals surface area contributed by atoms with Crippen LogP contribution in [0, 0.1) is 0 Å². The minimum absolute atomic E-state index is 0.110. The molecule has 1 N–H and O–H groups in total. The standard InChI is InChI=1S/C16H18N2O3/c1-11(15(19)18-8-4-5-9-18)21-16(20)13-10-17-14-7-3-2-6-12(13)14/h2-3,6-7,10-11,17H,4-5,8-9H2,1H3/t11-/m1/s1. The fraction of sp³-hybridized carbons (Fsp3) is 0.375. The molecular formula is C16H18N2O3. The van der Waals surface area contributed by atoms with E-state index in [1.807, 2.05) is 24.3 Å². The number of carbonyl (C=O) groups excluding carboxylic acids is 2. The Labute approximate surface area is 122 Å². The Morgan fingerprint density at radius 3 is 2.71 bits per heavy atom. The quantitative estimate of drug-likeness (QED) is 0.881. The van der Waals surface area contributed by atoms with Crippen molar-refractivity contribution < 1.29 is 14.3 Å². The molecule has 0 bridgehead atoms. The molecule has 1 aromatic carbocycles. The van der Waals surface area contributed by atoms with Crippen LogP contribution >= 0.6 is 0 Å². The molecule has 110 valence electrons. The van der Waals surface area contributed by atoms with E-state index in [0.29, 0.717) is 5.56 Å². The van der Waals surface area contributed by atoms with Crippen LogP contribution in [-0.4, -0.2) is 41.0 Å². The second-order valence-corrected chi connectivity index (χ2v) is 5.33. The summed E-state index contributed by atoms with van der Waals surface area (Å²) in [6.07, 6.45) is 2.92. The lowest BCUT2D eigenvalue weighted by molar-refractivity contribution is -0.138. The van der Waals surface area contributed by atoms with Gasteiger partial charge in [0.2, 0.25) is 0 Å². The highest BCUT2D eigenvalue weighted by Crippen LogP contribution is 2.19. The number of rotatable bonds is 3. The molecule has 0 unspecified atom stereocenters. The van der Waals surface area contributed by atoms with Gasteiger partial charge in [0.05, 0.1) is 5.56 Å². The number of nitrogens with zero attached hydrogens (tertiary/aromatic N) is 1. The number of para-hydroxylation sites is 1. The largest absolute Gasteiger partial charge is 0.449 e. The third-order valence-corrected chi connectivity index (χ3v) is 3.86. The minimum atomic E-state index is -0.746. The highest BCUT2D eigenvalue weighted by molar-refractivity contribution is 6.04. The monoisotopic (exact) mass is 286 g/mol. The van der Waals surface area contributed by atoms with Gasteiger partial charge in [0, 0.05) is 30.2 Å². The Hall–Kier alpha value is -2.30. The van der Waals surface area contributed by atoms with E-state index in [9.17, 15) is 9.59 Å². The van der Waals surface area contributed by atoms with E-state index in [0.717, 1.165) is 36.8 Å². The number of fused-ring (bicyclic) bond motifs is 1. The molecule has 1 aliphatic heterocycles. The second kappa shape index (κ2) is 5.60. The van der Waals surface area contributed by atoms with Crippen LogP contribution in [0.3, 0.4) is 0 Å². The smallest absolute Gasteiger partial charge is 0.341 e. The van der Waals surface area contributed by atoms with Gasteiger partial charge in [-0.15, -0.1) is 0 Å². The molecule has 0 spiro atoms. The number of H-pyrrole nitrogens is 1. The molecule has 0 aliphatic carbocycles. The third-order valence-electron chi connectivity index (χ3n) is 3.86. The summed E-state index contributed by atoms with van der Waals surface area (Å²) in [7, 11) is 0. The predicted octanol–water partition coefficient (Wildman–Crippen LogP) is 2.34. The number of hydrogen-bond donors (Lipinski definition) is 1. The lowest BCUT2D eigenvalue weighted by Crippen LogP contribution is -2.38. The van der Waals surface area contributed by atoms with Gasteiger partial charge in [0.1, 0.15) is 0 Å². The van der Waals surface area contributed by atoms with Crippen molar-refractivity contribution in [2.45, 2.75) is 25.9 Å². The zero-order valence-electron chi connectivity index (χ0n) is 12.0. The number of hydrogen-bond acceptors (Lipinski definition) is 3. The van der Waals surface area contributed by atoms with Crippen LogP contribution in [0.15, 0.2) is 30.5 Å². The second-order valence-electron chi connectivity index (χ2n) is 5.33. The molecule has 3 rings (SSSR count). The number of carbonyl (C=O) groups is 2. The fourth-order valence-corrected chi connectivity index (χ4v) is 2.71. The van der Waals surface area contributed by atoms with Crippen LogP contribution in [-0.2, 0) is 9.53 Å². The third kappa shape index (κ3) is 2.63. The van der Waals surface area contributed by atoms with E-state index in [1.165, 1.54) is 0 Å². The van der Waals surface area contributed by atoms with Crippen LogP contribution in [0.2, 0.25) is 0 Å². The molecule has 1 amide bonds. The average Bonchev–Trinajstić information content (AvgIpc) is 3.15. The summed E-state index contributed by atoms with van der Waals surface area (Å²) in [5, 5.41) is 0.809. The molecule has 1 aliphatic rings. The number of likely N-dealkylation sites (tertiary alicyclic amines) is 1. The zero-order valence-corrected chi connectivity index (χ0v) is 12.0. The first-order valence-corrected chi connectivity index (χ1v) is 7.22. The molecule has 5 nitrogen and oxygen atoms in total. The Kier molecular flexibility index (Phi) is 3.64. The summed E-state index contributed by atoms with van der Waals surface area (Å²) in [6.45, 7) is 3.15. The predicted molar refractivity (Wildman–Crippen MR) is 79.0 cm³/mol.